The van der Waals surface area contributed by atoms with Crippen LogP contribution in [0.4, 0.5) is 0 Å². The minimum atomic E-state index is 1.26. The van der Waals surface area contributed by atoms with Crippen molar-refractivity contribution in [1.82, 2.24) is 0 Å². The standard InChI is InChI=1S/C9H17IS/c1-4-6-8(10)9(11-3)7-5-2/h4-7H2,1-3H3/b9-8+. The molecule has 0 bridgehead atoms. The largest absolute Gasteiger partial charge is 0.133 e. The summed E-state index contributed by atoms with van der Waals surface area (Å²) in [6.07, 6.45) is 7.24. The molecule has 0 N–H and O–H groups in total. The van der Waals surface area contributed by atoms with Gasteiger partial charge in [0.15, 0.2) is 0 Å². The summed E-state index contributed by atoms with van der Waals surface area (Å²) >= 11 is 4.40. The third-order valence-electron chi connectivity index (χ3n) is 1.50. The maximum absolute atomic E-state index is 2.49. The monoisotopic (exact) mass is 284 g/mol. The molecule has 2 heteroatoms. The van der Waals surface area contributed by atoms with Gasteiger partial charge in [0.2, 0.25) is 0 Å². The van der Waals surface area contributed by atoms with Gasteiger partial charge in [-0.1, -0.05) is 26.7 Å². The van der Waals surface area contributed by atoms with E-state index in [0.717, 1.165) is 0 Å². The zero-order valence-corrected chi connectivity index (χ0v) is 10.6. The number of rotatable bonds is 5. The fourth-order valence-electron chi connectivity index (χ4n) is 0.934. The summed E-state index contributed by atoms with van der Waals surface area (Å²) in [5.41, 5.74) is 0. The Morgan fingerprint density at radius 1 is 1.18 bits per heavy atom. The van der Waals surface area contributed by atoms with Crippen LogP contribution in [0.15, 0.2) is 8.48 Å². The minimum absolute atomic E-state index is 1.26. The normalized spacial score (nSPS) is 13.1. The van der Waals surface area contributed by atoms with Gasteiger partial charge in [0.25, 0.3) is 0 Å². The lowest BCUT2D eigenvalue weighted by atomic mass is 10.2. The zero-order valence-electron chi connectivity index (χ0n) is 7.61. The first kappa shape index (κ1) is 11.8. The van der Waals surface area contributed by atoms with Crippen LogP contribution in [-0.4, -0.2) is 6.26 Å². The van der Waals surface area contributed by atoms with Crippen molar-refractivity contribution in [2.45, 2.75) is 39.5 Å². The molecule has 0 aromatic heterocycles. The lowest BCUT2D eigenvalue weighted by Gasteiger charge is -2.05. The molecule has 0 heterocycles. The topological polar surface area (TPSA) is 0 Å². The molecule has 0 rings (SSSR count). The third-order valence-corrected chi connectivity index (χ3v) is 4.00. The van der Waals surface area contributed by atoms with E-state index in [0.29, 0.717) is 0 Å². The van der Waals surface area contributed by atoms with E-state index in [1.807, 2.05) is 11.8 Å². The number of allylic oxidation sites excluding steroid dienone is 2. The highest BCUT2D eigenvalue weighted by Crippen LogP contribution is 2.29. The quantitative estimate of drug-likeness (QED) is 0.665. The van der Waals surface area contributed by atoms with E-state index < -0.39 is 0 Å². The number of thioether (sulfide) groups is 1. The summed E-state index contributed by atoms with van der Waals surface area (Å²) in [5.74, 6) is 0. The Morgan fingerprint density at radius 2 is 1.73 bits per heavy atom. The summed E-state index contributed by atoms with van der Waals surface area (Å²) < 4.78 is 1.57. The van der Waals surface area contributed by atoms with Gasteiger partial charge >= 0.3 is 0 Å². The van der Waals surface area contributed by atoms with Crippen molar-refractivity contribution in [3.8, 4) is 0 Å². The predicted molar refractivity (Wildman–Crippen MR) is 64.4 cm³/mol. The van der Waals surface area contributed by atoms with Crippen LogP contribution in [0.2, 0.25) is 0 Å². The first-order valence-electron chi connectivity index (χ1n) is 4.17. The van der Waals surface area contributed by atoms with Gasteiger partial charge in [0, 0.05) is 3.58 Å². The van der Waals surface area contributed by atoms with Crippen LogP contribution in [-0.2, 0) is 0 Å². The molecule has 0 spiro atoms. The Morgan fingerprint density at radius 3 is 2.09 bits per heavy atom. The van der Waals surface area contributed by atoms with Gasteiger partial charge in [-0.15, -0.1) is 11.8 Å². The predicted octanol–water partition coefficient (Wildman–Crippen LogP) is 4.60. The molecule has 0 atom stereocenters. The van der Waals surface area contributed by atoms with Gasteiger partial charge in [-0.05, 0) is 46.6 Å². The first-order chi connectivity index (χ1) is 5.26. The van der Waals surface area contributed by atoms with Crippen molar-refractivity contribution >= 4 is 34.4 Å². The summed E-state index contributed by atoms with van der Waals surface area (Å²) in [5, 5.41) is 0. The third kappa shape index (κ3) is 5.12. The van der Waals surface area contributed by atoms with Crippen LogP contribution in [0.1, 0.15) is 39.5 Å². The molecule has 0 fully saturated rings. The molecule has 0 nitrogen and oxygen atoms in total. The van der Waals surface area contributed by atoms with Crippen molar-refractivity contribution in [2.75, 3.05) is 6.26 Å². The SMILES string of the molecule is CCC/C(I)=C(/CCC)SC. The first-order valence-corrected chi connectivity index (χ1v) is 6.48. The molecule has 66 valence electrons. The molecule has 0 aliphatic heterocycles. The smallest absolute Gasteiger partial charge is 0.0000726 e. The van der Waals surface area contributed by atoms with Gasteiger partial charge < -0.3 is 0 Å². The summed E-state index contributed by atoms with van der Waals surface area (Å²) in [7, 11) is 0. The van der Waals surface area contributed by atoms with Gasteiger partial charge in [-0.3, -0.25) is 0 Å². The minimum Gasteiger partial charge on any atom is -0.133 e. The Balaban J connectivity index is 4.02. The molecule has 0 saturated carbocycles. The molecule has 0 aliphatic rings. The highest BCUT2D eigenvalue weighted by atomic mass is 127. The summed E-state index contributed by atoms with van der Waals surface area (Å²) in [4.78, 5) is 1.59. The molecular weight excluding hydrogens is 267 g/mol. The lowest BCUT2D eigenvalue weighted by molar-refractivity contribution is 0.908. The van der Waals surface area contributed by atoms with Crippen molar-refractivity contribution < 1.29 is 0 Å². The van der Waals surface area contributed by atoms with E-state index in [9.17, 15) is 0 Å². The molecule has 0 radical (unpaired) electrons. The molecule has 0 unspecified atom stereocenters. The van der Waals surface area contributed by atoms with Gasteiger partial charge in [0.1, 0.15) is 0 Å². The van der Waals surface area contributed by atoms with Crippen LogP contribution in [0.5, 0.6) is 0 Å². The van der Waals surface area contributed by atoms with E-state index in [1.54, 1.807) is 8.48 Å². The van der Waals surface area contributed by atoms with Gasteiger partial charge in [0.05, 0.1) is 0 Å². The molecule has 11 heavy (non-hydrogen) atoms. The fourth-order valence-corrected chi connectivity index (χ4v) is 3.14. The number of halogens is 1. The van der Waals surface area contributed by atoms with Crippen LogP contribution in [0.25, 0.3) is 0 Å². The molecule has 0 aliphatic carbocycles. The molecule has 0 aromatic rings. The van der Waals surface area contributed by atoms with Crippen LogP contribution < -0.4 is 0 Å². The second-order valence-electron chi connectivity index (χ2n) is 2.53. The van der Waals surface area contributed by atoms with Crippen molar-refractivity contribution in [3.63, 3.8) is 0 Å². The molecule has 0 saturated heterocycles. The second kappa shape index (κ2) is 7.47. The number of hydrogen-bond acceptors (Lipinski definition) is 1. The van der Waals surface area contributed by atoms with E-state index >= 15 is 0 Å². The second-order valence-corrected chi connectivity index (χ2v) is 4.74. The van der Waals surface area contributed by atoms with Crippen molar-refractivity contribution in [3.05, 3.63) is 8.48 Å². The molecular formula is C9H17IS. The average molecular weight is 284 g/mol. The number of hydrogen-bond donors (Lipinski definition) is 0. The van der Waals surface area contributed by atoms with E-state index in [-0.39, 0.29) is 0 Å². The lowest BCUT2D eigenvalue weighted by Crippen LogP contribution is -1.81. The van der Waals surface area contributed by atoms with Gasteiger partial charge in [-0.2, -0.15) is 0 Å². The van der Waals surface area contributed by atoms with E-state index in [4.69, 9.17) is 0 Å². The maximum Gasteiger partial charge on any atom is 0.0000726 e. The Bertz CT molecular complexity index is 130. The van der Waals surface area contributed by atoms with E-state index in [2.05, 4.69) is 42.7 Å². The summed E-state index contributed by atoms with van der Waals surface area (Å²) in [6, 6.07) is 0. The highest BCUT2D eigenvalue weighted by Gasteiger charge is 2.00. The van der Waals surface area contributed by atoms with Crippen molar-refractivity contribution in [1.29, 1.82) is 0 Å². The highest BCUT2D eigenvalue weighted by molar-refractivity contribution is 14.1. The Kier molecular flexibility index (Phi) is 8.02. The van der Waals surface area contributed by atoms with Gasteiger partial charge in [-0.25, -0.2) is 0 Å². The zero-order chi connectivity index (χ0) is 8.69. The van der Waals surface area contributed by atoms with E-state index in [1.165, 1.54) is 25.7 Å². The van der Waals surface area contributed by atoms with Crippen LogP contribution in [0.3, 0.4) is 0 Å². The van der Waals surface area contributed by atoms with Crippen molar-refractivity contribution in [2.24, 2.45) is 0 Å². The maximum atomic E-state index is 2.49. The van der Waals surface area contributed by atoms with Crippen LogP contribution >= 0.6 is 34.4 Å². The molecule has 0 aromatic carbocycles. The fraction of sp³-hybridized carbons (Fsp3) is 0.778. The van der Waals surface area contributed by atoms with Crippen LogP contribution in [0, 0.1) is 0 Å². The Labute approximate surface area is 88.4 Å². The Hall–Kier alpha value is 0.820. The summed E-state index contributed by atoms with van der Waals surface area (Å²) in [6.45, 7) is 4.48. The molecule has 0 amide bonds. The average Bonchev–Trinajstić information content (AvgIpc) is 2.00.